The van der Waals surface area contributed by atoms with Crippen LogP contribution in [0.5, 0.6) is 0 Å². The summed E-state index contributed by atoms with van der Waals surface area (Å²) < 4.78 is 17.0. The summed E-state index contributed by atoms with van der Waals surface area (Å²) in [5.41, 5.74) is -2.46. The van der Waals surface area contributed by atoms with Crippen molar-refractivity contribution in [2.75, 3.05) is 0 Å². The fourth-order valence-electron chi connectivity index (χ4n) is 9.28. The van der Waals surface area contributed by atoms with E-state index in [0.717, 1.165) is 24.8 Å². The Morgan fingerprint density at radius 1 is 1.00 bits per heavy atom. The number of carbonyl (C=O) groups excluding carboxylic acids is 4. The fourth-order valence-corrected chi connectivity index (χ4v) is 9.28. The van der Waals surface area contributed by atoms with Gasteiger partial charge in [0.05, 0.1) is 11.2 Å². The lowest BCUT2D eigenvalue weighted by atomic mass is 9.45. The van der Waals surface area contributed by atoms with Crippen molar-refractivity contribution in [2.45, 2.75) is 136 Å². The number of hydrogen-bond donors (Lipinski definition) is 2. The van der Waals surface area contributed by atoms with Gasteiger partial charge >= 0.3 is 17.9 Å². The van der Waals surface area contributed by atoms with Crippen molar-refractivity contribution in [2.24, 2.45) is 34.5 Å². The Balaban J connectivity index is 1.66. The molecule has 9 nitrogen and oxygen atoms in total. The van der Waals surface area contributed by atoms with Gasteiger partial charge in [-0.2, -0.15) is 0 Å². The average Bonchev–Trinajstić information content (AvgIpc) is 3.12. The Hall–Kier alpha value is -2.26. The first-order chi connectivity index (χ1) is 19.3. The van der Waals surface area contributed by atoms with E-state index in [-0.39, 0.29) is 35.9 Å². The maximum atomic E-state index is 13.8. The number of hydrogen-bond acceptors (Lipinski definition) is 9. The maximum Gasteiger partial charge on any atom is 0.303 e. The maximum absolute atomic E-state index is 13.8. The van der Waals surface area contributed by atoms with Crippen LogP contribution in [-0.2, 0) is 33.4 Å². The molecule has 0 amide bonds. The molecule has 0 aromatic heterocycles. The van der Waals surface area contributed by atoms with Gasteiger partial charge in [0.25, 0.3) is 0 Å². The van der Waals surface area contributed by atoms with Gasteiger partial charge in [0.2, 0.25) is 0 Å². The first kappa shape index (κ1) is 32.6. The third-order valence-electron chi connectivity index (χ3n) is 11.4. The van der Waals surface area contributed by atoms with E-state index in [4.69, 9.17) is 14.2 Å². The Kier molecular flexibility index (Phi) is 8.82. The van der Waals surface area contributed by atoms with Crippen LogP contribution in [0.25, 0.3) is 0 Å². The van der Waals surface area contributed by atoms with Crippen LogP contribution in [0.1, 0.15) is 107 Å². The molecule has 0 unspecified atom stereocenters. The fraction of sp³-hybridized carbons (Fsp3) is 0.818. The lowest BCUT2D eigenvalue weighted by molar-refractivity contribution is -0.186. The number of ether oxygens (including phenoxy) is 3. The molecule has 9 heteroatoms. The zero-order chi connectivity index (χ0) is 31.4. The Labute approximate surface area is 249 Å². The highest BCUT2D eigenvalue weighted by Crippen LogP contribution is 2.68. The molecule has 0 aromatic rings. The van der Waals surface area contributed by atoms with E-state index >= 15 is 0 Å². The topological polar surface area (TPSA) is 136 Å². The van der Waals surface area contributed by atoms with Crippen molar-refractivity contribution in [1.82, 2.24) is 0 Å². The van der Waals surface area contributed by atoms with Gasteiger partial charge in [0.15, 0.2) is 5.78 Å². The largest absolute Gasteiger partial charge is 0.462 e. The number of fused-ring (bicyclic) bond motifs is 5. The van der Waals surface area contributed by atoms with Crippen LogP contribution in [0.4, 0.5) is 0 Å². The summed E-state index contributed by atoms with van der Waals surface area (Å²) in [5, 5.41) is 22.9. The minimum Gasteiger partial charge on any atom is -0.462 e. The molecule has 42 heavy (non-hydrogen) atoms. The molecule has 0 bridgehead atoms. The summed E-state index contributed by atoms with van der Waals surface area (Å²) in [5.74, 6) is -1.94. The number of allylic oxidation sites excluding steroid dienone is 1. The summed E-state index contributed by atoms with van der Waals surface area (Å²) >= 11 is 0. The molecule has 0 spiro atoms. The molecule has 3 fully saturated rings. The number of esters is 3. The van der Waals surface area contributed by atoms with Crippen LogP contribution in [0.3, 0.4) is 0 Å². The van der Waals surface area contributed by atoms with Gasteiger partial charge in [0.1, 0.15) is 18.3 Å². The lowest BCUT2D eigenvalue weighted by Crippen LogP contribution is -2.61. The Morgan fingerprint density at radius 3 is 2.19 bits per heavy atom. The predicted octanol–water partition coefficient (Wildman–Crippen LogP) is 4.45. The van der Waals surface area contributed by atoms with Crippen molar-refractivity contribution in [3.63, 3.8) is 0 Å². The normalized spacial score (nSPS) is 39.1. The monoisotopic (exact) mass is 590 g/mol. The molecule has 10 atom stereocenters. The van der Waals surface area contributed by atoms with Crippen LogP contribution in [0.15, 0.2) is 11.6 Å². The van der Waals surface area contributed by atoms with E-state index in [1.54, 1.807) is 19.9 Å². The second kappa shape index (κ2) is 11.3. The minimum absolute atomic E-state index is 0.0321. The summed E-state index contributed by atoms with van der Waals surface area (Å²) in [6, 6.07) is 0. The summed E-state index contributed by atoms with van der Waals surface area (Å²) in [4.78, 5) is 49.7. The van der Waals surface area contributed by atoms with Crippen molar-refractivity contribution in [3.05, 3.63) is 11.6 Å². The first-order valence-electron chi connectivity index (χ1n) is 15.5. The van der Waals surface area contributed by atoms with Gasteiger partial charge < -0.3 is 24.4 Å². The molecular formula is C33H50O9. The molecule has 3 saturated carbocycles. The number of rotatable bonds is 8. The lowest BCUT2D eigenvalue weighted by Gasteiger charge is -2.60. The van der Waals surface area contributed by atoms with E-state index in [1.807, 2.05) is 0 Å². The Morgan fingerprint density at radius 2 is 1.62 bits per heavy atom. The van der Waals surface area contributed by atoms with Crippen molar-refractivity contribution in [3.8, 4) is 0 Å². The van der Waals surface area contributed by atoms with Gasteiger partial charge in [-0.3, -0.25) is 19.2 Å². The number of ketones is 1. The standard InChI is InChI=1S/C33H50O9/c1-18(27(40-19(2)34)11-12-30(5,6)38)22-10-14-33(39)24-15-26(37)25-16-28(41-20(3)35)29(42-21(4)36)17-31(25,7)23(24)9-13-32(22,33)8/h15,18,22-23,25,27-29,38-39H,9-14,16-17H2,1-8H3/t18-,22+,23-,25-,27+,28+,29-,31+,32+,33+/m0/s1. The molecule has 0 saturated heterocycles. The third kappa shape index (κ3) is 5.80. The zero-order valence-electron chi connectivity index (χ0n) is 26.5. The second-order valence-corrected chi connectivity index (χ2v) is 14.7. The summed E-state index contributed by atoms with van der Waals surface area (Å²) in [6.45, 7) is 13.8. The zero-order valence-corrected chi connectivity index (χ0v) is 26.5. The van der Waals surface area contributed by atoms with E-state index in [9.17, 15) is 29.4 Å². The van der Waals surface area contributed by atoms with Crippen molar-refractivity contribution >= 4 is 23.7 Å². The van der Waals surface area contributed by atoms with Gasteiger partial charge in [0, 0.05) is 32.1 Å². The summed E-state index contributed by atoms with van der Waals surface area (Å²) in [7, 11) is 0. The minimum atomic E-state index is -1.21. The molecule has 4 aliphatic rings. The smallest absolute Gasteiger partial charge is 0.303 e. The second-order valence-electron chi connectivity index (χ2n) is 14.7. The first-order valence-corrected chi connectivity index (χ1v) is 15.5. The number of carbonyl (C=O) groups is 4. The molecule has 0 aliphatic heterocycles. The van der Waals surface area contributed by atoms with Crippen LogP contribution in [0.2, 0.25) is 0 Å². The molecule has 0 heterocycles. The van der Waals surface area contributed by atoms with E-state index in [2.05, 4.69) is 20.8 Å². The summed E-state index contributed by atoms with van der Waals surface area (Å²) in [6.07, 6.45) is 4.21. The molecule has 4 aliphatic carbocycles. The quantitative estimate of drug-likeness (QED) is 0.310. The van der Waals surface area contributed by atoms with Crippen molar-refractivity contribution in [1.29, 1.82) is 0 Å². The van der Waals surface area contributed by atoms with Crippen molar-refractivity contribution < 1.29 is 43.6 Å². The molecule has 236 valence electrons. The van der Waals surface area contributed by atoms with Crippen LogP contribution in [0, 0.1) is 34.5 Å². The van der Waals surface area contributed by atoms with E-state index in [1.165, 1.54) is 20.8 Å². The molecule has 0 radical (unpaired) electrons. The van der Waals surface area contributed by atoms with Crippen LogP contribution in [-0.4, -0.2) is 63.4 Å². The van der Waals surface area contributed by atoms with Gasteiger partial charge in [-0.05, 0) is 100 Å². The Bertz CT molecular complexity index is 1140. The van der Waals surface area contributed by atoms with E-state index < -0.39 is 58.2 Å². The van der Waals surface area contributed by atoms with Crippen LogP contribution < -0.4 is 0 Å². The van der Waals surface area contributed by atoms with Gasteiger partial charge in [-0.25, -0.2) is 0 Å². The highest BCUT2D eigenvalue weighted by molar-refractivity contribution is 5.95. The highest BCUT2D eigenvalue weighted by Gasteiger charge is 2.67. The SMILES string of the molecule is CC(=O)O[C@H]1C[C@@]2(C)[C@@H](C[C@H]1OC(C)=O)C(=O)C=C1[C@@H]2CC[C@]2(C)[C@@H]([C@H](C)[C@@H](CCC(C)(C)O)OC(C)=O)CC[C@@]12O. The predicted molar refractivity (Wildman–Crippen MR) is 154 cm³/mol. The number of aliphatic hydroxyl groups is 2. The van der Waals surface area contributed by atoms with Gasteiger partial charge in [-0.15, -0.1) is 0 Å². The van der Waals surface area contributed by atoms with Gasteiger partial charge in [-0.1, -0.05) is 20.8 Å². The molecule has 2 N–H and O–H groups in total. The molecule has 0 aromatic carbocycles. The van der Waals surface area contributed by atoms with Crippen LogP contribution >= 0.6 is 0 Å². The van der Waals surface area contributed by atoms with E-state index in [0.29, 0.717) is 25.7 Å². The highest BCUT2D eigenvalue weighted by atomic mass is 16.6. The average molecular weight is 591 g/mol. The molecular weight excluding hydrogens is 540 g/mol. The third-order valence-corrected chi connectivity index (χ3v) is 11.4. The molecule has 4 rings (SSSR count).